The Morgan fingerprint density at radius 1 is 1.12 bits per heavy atom. The molecule has 4 rings (SSSR count). The van der Waals surface area contributed by atoms with Gasteiger partial charge in [0.15, 0.2) is 11.0 Å². The smallest absolute Gasteiger partial charge is 0.191 e. The second kappa shape index (κ2) is 7.68. The summed E-state index contributed by atoms with van der Waals surface area (Å²) in [7, 11) is 0. The number of hydrogen-bond acceptors (Lipinski definition) is 4. The van der Waals surface area contributed by atoms with Gasteiger partial charge in [0, 0.05) is 11.8 Å². The number of rotatable bonds is 7. The molecule has 1 aromatic heterocycles. The summed E-state index contributed by atoms with van der Waals surface area (Å²) in [6, 6.07) is 14.4. The van der Waals surface area contributed by atoms with Crippen molar-refractivity contribution in [1.82, 2.24) is 14.8 Å². The maximum Gasteiger partial charge on any atom is 0.191 e. The molecule has 0 N–H and O–H groups in total. The van der Waals surface area contributed by atoms with E-state index in [1.165, 1.54) is 12.1 Å². The zero-order chi connectivity index (χ0) is 17.9. The third-order valence-electron chi connectivity index (χ3n) is 4.12. The number of thioether (sulfide) groups is 1. The summed E-state index contributed by atoms with van der Waals surface area (Å²) in [5.41, 5.74) is 1.05. The maximum atomic E-state index is 13.0. The Kier molecular flexibility index (Phi) is 5.13. The third kappa shape index (κ3) is 4.02. The number of aromatic nitrogens is 3. The number of ether oxygens (including phenoxy) is 1. The van der Waals surface area contributed by atoms with Crippen LogP contribution >= 0.6 is 23.4 Å². The van der Waals surface area contributed by atoms with Crippen molar-refractivity contribution in [3.63, 3.8) is 0 Å². The van der Waals surface area contributed by atoms with Crippen molar-refractivity contribution in [3.05, 3.63) is 70.8 Å². The lowest BCUT2D eigenvalue weighted by atomic mass is 10.2. The van der Waals surface area contributed by atoms with Crippen molar-refractivity contribution < 1.29 is 9.13 Å². The van der Waals surface area contributed by atoms with Crippen LogP contribution in [0.4, 0.5) is 4.39 Å². The van der Waals surface area contributed by atoms with Gasteiger partial charge in [-0.1, -0.05) is 47.6 Å². The molecule has 1 aliphatic carbocycles. The summed E-state index contributed by atoms with van der Waals surface area (Å²) in [6.45, 7) is 0.324. The highest BCUT2D eigenvalue weighted by Gasteiger charge is 2.29. The van der Waals surface area contributed by atoms with Crippen molar-refractivity contribution in [2.75, 3.05) is 0 Å². The normalized spacial score (nSPS) is 13.8. The van der Waals surface area contributed by atoms with E-state index in [1.807, 2.05) is 18.2 Å². The van der Waals surface area contributed by atoms with Crippen molar-refractivity contribution in [2.24, 2.45) is 0 Å². The lowest BCUT2D eigenvalue weighted by Gasteiger charge is -2.10. The van der Waals surface area contributed by atoms with E-state index in [1.54, 1.807) is 30.0 Å². The van der Waals surface area contributed by atoms with E-state index in [0.29, 0.717) is 23.4 Å². The first-order valence-corrected chi connectivity index (χ1v) is 9.75. The van der Waals surface area contributed by atoms with Gasteiger partial charge < -0.3 is 4.74 Å². The van der Waals surface area contributed by atoms with Gasteiger partial charge >= 0.3 is 0 Å². The van der Waals surface area contributed by atoms with Crippen LogP contribution < -0.4 is 4.74 Å². The molecule has 2 aromatic carbocycles. The third-order valence-corrected chi connectivity index (χ3v) is 5.45. The molecule has 1 heterocycles. The number of para-hydroxylation sites is 1. The summed E-state index contributed by atoms with van der Waals surface area (Å²) in [5.74, 6) is 1.93. The number of nitrogens with zero attached hydrogens (tertiary/aromatic N) is 3. The predicted octanol–water partition coefficient (Wildman–Crippen LogP) is 5.28. The van der Waals surface area contributed by atoms with E-state index in [9.17, 15) is 4.39 Å². The van der Waals surface area contributed by atoms with Gasteiger partial charge in [0.25, 0.3) is 0 Å². The van der Waals surface area contributed by atoms with Crippen LogP contribution in [0.5, 0.6) is 5.75 Å². The molecule has 0 atom stereocenters. The Balaban J connectivity index is 1.46. The molecule has 0 bridgehead atoms. The van der Waals surface area contributed by atoms with Crippen molar-refractivity contribution in [1.29, 1.82) is 0 Å². The molecule has 134 valence electrons. The zero-order valence-electron chi connectivity index (χ0n) is 13.9. The molecular weight excluding hydrogens is 373 g/mol. The van der Waals surface area contributed by atoms with Gasteiger partial charge in [-0.25, -0.2) is 4.39 Å². The average molecular weight is 390 g/mol. The van der Waals surface area contributed by atoms with Gasteiger partial charge in [0.2, 0.25) is 0 Å². The molecular formula is C19H17ClFN3OS. The number of benzene rings is 2. The molecule has 4 nitrogen and oxygen atoms in total. The Bertz CT molecular complexity index is 896. The highest BCUT2D eigenvalue weighted by molar-refractivity contribution is 7.98. The molecule has 1 fully saturated rings. The lowest BCUT2D eigenvalue weighted by Crippen LogP contribution is -2.07. The van der Waals surface area contributed by atoms with Crippen molar-refractivity contribution in [3.8, 4) is 5.75 Å². The fourth-order valence-corrected chi connectivity index (χ4v) is 3.81. The van der Waals surface area contributed by atoms with Crippen LogP contribution in [0, 0.1) is 5.82 Å². The predicted molar refractivity (Wildman–Crippen MR) is 100 cm³/mol. The fourth-order valence-electron chi connectivity index (χ4n) is 2.64. The highest BCUT2D eigenvalue weighted by atomic mass is 35.5. The molecule has 1 saturated carbocycles. The quantitative estimate of drug-likeness (QED) is 0.515. The Hall–Kier alpha value is -2.05. The van der Waals surface area contributed by atoms with Gasteiger partial charge in [-0.05, 0) is 42.7 Å². The summed E-state index contributed by atoms with van der Waals surface area (Å²) in [4.78, 5) is 0. The Morgan fingerprint density at radius 2 is 1.88 bits per heavy atom. The van der Waals surface area contributed by atoms with Gasteiger partial charge in [-0.15, -0.1) is 10.2 Å². The second-order valence-electron chi connectivity index (χ2n) is 6.13. The van der Waals surface area contributed by atoms with Crippen LogP contribution in [0.15, 0.2) is 53.7 Å². The van der Waals surface area contributed by atoms with Gasteiger partial charge in [-0.2, -0.15) is 0 Å². The van der Waals surface area contributed by atoms with Gasteiger partial charge in [-0.3, -0.25) is 4.57 Å². The first kappa shape index (κ1) is 17.4. The molecule has 0 saturated heterocycles. The zero-order valence-corrected chi connectivity index (χ0v) is 15.5. The van der Waals surface area contributed by atoms with Crippen LogP contribution in [0.1, 0.15) is 30.3 Å². The van der Waals surface area contributed by atoms with E-state index < -0.39 is 0 Å². The Labute approximate surface area is 160 Å². The van der Waals surface area contributed by atoms with Crippen LogP contribution in [0.25, 0.3) is 0 Å². The van der Waals surface area contributed by atoms with Gasteiger partial charge in [0.05, 0.1) is 5.02 Å². The van der Waals surface area contributed by atoms with Gasteiger partial charge in [0.1, 0.15) is 18.2 Å². The molecule has 7 heteroatoms. The molecule has 0 radical (unpaired) electrons. The van der Waals surface area contributed by atoms with Crippen LogP contribution in [0.3, 0.4) is 0 Å². The Morgan fingerprint density at radius 3 is 2.62 bits per heavy atom. The van der Waals surface area contributed by atoms with Crippen LogP contribution in [-0.4, -0.2) is 14.8 Å². The molecule has 0 unspecified atom stereocenters. The first-order valence-electron chi connectivity index (χ1n) is 8.39. The van der Waals surface area contributed by atoms with Crippen LogP contribution in [0.2, 0.25) is 5.02 Å². The fraction of sp³-hybridized carbons (Fsp3) is 0.263. The summed E-state index contributed by atoms with van der Waals surface area (Å²) >= 11 is 7.75. The number of halogens is 2. The SMILES string of the molecule is Fc1ccc(CSc2nnc(COc3ccccc3Cl)n2C2CC2)cc1. The van der Waals surface area contributed by atoms with Crippen molar-refractivity contribution >= 4 is 23.4 Å². The second-order valence-corrected chi connectivity index (χ2v) is 7.48. The molecule has 26 heavy (non-hydrogen) atoms. The minimum Gasteiger partial charge on any atom is -0.484 e. The summed E-state index contributed by atoms with van der Waals surface area (Å²) < 4.78 is 21.0. The maximum absolute atomic E-state index is 13.0. The van der Waals surface area contributed by atoms with E-state index in [-0.39, 0.29) is 5.82 Å². The van der Waals surface area contributed by atoms with E-state index in [4.69, 9.17) is 16.3 Å². The standard InChI is InChI=1S/C19H17ClFN3OS/c20-16-3-1-2-4-17(16)25-11-18-22-23-19(24(18)15-9-10-15)26-12-13-5-7-14(21)8-6-13/h1-8,15H,9-12H2. The molecule has 0 amide bonds. The largest absolute Gasteiger partial charge is 0.484 e. The molecule has 0 aliphatic heterocycles. The molecule has 0 spiro atoms. The summed E-state index contributed by atoms with van der Waals surface area (Å²) in [5, 5.41) is 10.1. The van der Waals surface area contributed by atoms with E-state index >= 15 is 0 Å². The van der Waals surface area contributed by atoms with E-state index in [2.05, 4.69) is 14.8 Å². The average Bonchev–Trinajstić information content (AvgIpc) is 3.41. The summed E-state index contributed by atoms with van der Waals surface area (Å²) in [6.07, 6.45) is 2.25. The van der Waals surface area contributed by atoms with E-state index in [0.717, 1.165) is 35.1 Å². The minimum absolute atomic E-state index is 0.223. The highest BCUT2D eigenvalue weighted by Crippen LogP contribution is 2.39. The van der Waals surface area contributed by atoms with Crippen molar-refractivity contribution in [2.45, 2.75) is 36.4 Å². The first-order chi connectivity index (χ1) is 12.7. The molecule has 1 aliphatic rings. The monoisotopic (exact) mass is 389 g/mol. The van der Waals surface area contributed by atoms with Crippen LogP contribution in [-0.2, 0) is 12.4 Å². The topological polar surface area (TPSA) is 39.9 Å². The lowest BCUT2D eigenvalue weighted by molar-refractivity contribution is 0.288. The minimum atomic E-state index is -0.223. The number of hydrogen-bond donors (Lipinski definition) is 0. The molecule has 3 aromatic rings.